The van der Waals surface area contributed by atoms with Crippen LogP contribution in [0.3, 0.4) is 0 Å². The average molecular weight is 297 g/mol. The van der Waals surface area contributed by atoms with Crippen molar-refractivity contribution in [2.75, 3.05) is 33.7 Å². The van der Waals surface area contributed by atoms with Crippen LogP contribution in [0.5, 0.6) is 0 Å². The molecule has 0 atom stereocenters. The lowest BCUT2D eigenvalue weighted by Gasteiger charge is -2.22. The van der Waals surface area contributed by atoms with E-state index in [2.05, 4.69) is 0 Å². The van der Waals surface area contributed by atoms with E-state index in [-0.39, 0.29) is 24.8 Å². The number of amides is 1. The number of hydrogen-bond acceptors (Lipinski definition) is 3. The van der Waals surface area contributed by atoms with E-state index >= 15 is 0 Å². The zero-order valence-electron chi connectivity index (χ0n) is 12.2. The minimum Gasteiger partial charge on any atom is -0.348 e. The highest BCUT2D eigenvalue weighted by atomic mass is 35.5. The van der Waals surface area contributed by atoms with Crippen molar-refractivity contribution in [1.29, 1.82) is 0 Å². The Balaban J connectivity index is 2.67. The smallest absolute Gasteiger partial charge is 0.236 e. The third-order valence-electron chi connectivity index (χ3n) is 2.93. The Bertz CT molecular complexity index is 457. The fraction of sp³-hybridized carbons (Fsp3) is 0.467. The molecule has 0 N–H and O–H groups in total. The van der Waals surface area contributed by atoms with Gasteiger partial charge < -0.3 is 4.90 Å². The van der Waals surface area contributed by atoms with E-state index in [0.29, 0.717) is 10.6 Å². The Hall–Kier alpha value is -1.39. The van der Waals surface area contributed by atoms with Gasteiger partial charge in [-0.15, -0.1) is 0 Å². The van der Waals surface area contributed by atoms with Gasteiger partial charge in [0.15, 0.2) is 5.78 Å². The van der Waals surface area contributed by atoms with E-state index in [9.17, 15) is 9.59 Å². The number of halogens is 1. The molecule has 0 bridgehead atoms. The van der Waals surface area contributed by atoms with E-state index < -0.39 is 0 Å². The highest BCUT2D eigenvalue weighted by Gasteiger charge is 2.16. The van der Waals surface area contributed by atoms with Crippen molar-refractivity contribution in [3.8, 4) is 0 Å². The Kier molecular flexibility index (Phi) is 6.68. The van der Waals surface area contributed by atoms with Gasteiger partial charge in [0.1, 0.15) is 0 Å². The van der Waals surface area contributed by atoms with E-state index in [1.807, 2.05) is 11.8 Å². The minimum absolute atomic E-state index is 0.00155. The quantitative estimate of drug-likeness (QED) is 0.725. The zero-order valence-corrected chi connectivity index (χ0v) is 13.0. The zero-order chi connectivity index (χ0) is 15.1. The van der Waals surface area contributed by atoms with Crippen molar-refractivity contribution in [2.24, 2.45) is 0 Å². The second-order valence-electron chi connectivity index (χ2n) is 4.93. The second kappa shape index (κ2) is 8.02. The molecule has 1 rings (SSSR count). The molecule has 110 valence electrons. The standard InChI is InChI=1S/C15H21ClN2O2/c1-4-9-18(11-15(20)17(2)3)10-14(19)12-5-7-13(16)8-6-12/h5-8H,4,9-11H2,1-3H3. The average Bonchev–Trinajstić information content (AvgIpc) is 2.39. The van der Waals surface area contributed by atoms with Gasteiger partial charge in [0.05, 0.1) is 13.1 Å². The van der Waals surface area contributed by atoms with Crippen molar-refractivity contribution >= 4 is 23.3 Å². The number of rotatable bonds is 7. The summed E-state index contributed by atoms with van der Waals surface area (Å²) in [5.74, 6) is 0.00373. The van der Waals surface area contributed by atoms with Gasteiger partial charge in [0.2, 0.25) is 5.91 Å². The van der Waals surface area contributed by atoms with Gasteiger partial charge in [0.25, 0.3) is 0 Å². The second-order valence-corrected chi connectivity index (χ2v) is 5.37. The predicted octanol–water partition coefficient (Wildman–Crippen LogP) is 2.32. The Morgan fingerprint density at radius 2 is 1.70 bits per heavy atom. The largest absolute Gasteiger partial charge is 0.348 e. The van der Waals surface area contributed by atoms with E-state index in [4.69, 9.17) is 11.6 Å². The number of nitrogens with zero attached hydrogens (tertiary/aromatic N) is 2. The number of carbonyl (C=O) groups is 2. The lowest BCUT2D eigenvalue weighted by atomic mass is 10.1. The maximum absolute atomic E-state index is 12.2. The number of likely N-dealkylation sites (N-methyl/N-ethyl adjacent to an activating group) is 1. The lowest BCUT2D eigenvalue weighted by Crippen LogP contribution is -2.39. The summed E-state index contributed by atoms with van der Waals surface area (Å²) in [4.78, 5) is 27.3. The molecule has 1 aromatic rings. The predicted molar refractivity (Wildman–Crippen MR) is 81.2 cm³/mol. The van der Waals surface area contributed by atoms with Gasteiger partial charge >= 0.3 is 0 Å². The first kappa shape index (κ1) is 16.7. The van der Waals surface area contributed by atoms with Gasteiger partial charge in [-0.05, 0) is 37.2 Å². The van der Waals surface area contributed by atoms with Crippen LogP contribution in [0.25, 0.3) is 0 Å². The van der Waals surface area contributed by atoms with Crippen LogP contribution in [0, 0.1) is 0 Å². The molecule has 4 nitrogen and oxygen atoms in total. The molecule has 0 aliphatic carbocycles. The molecule has 0 fully saturated rings. The molecule has 0 spiro atoms. The van der Waals surface area contributed by atoms with Gasteiger partial charge in [-0.3, -0.25) is 14.5 Å². The van der Waals surface area contributed by atoms with Crippen LogP contribution in [0.2, 0.25) is 5.02 Å². The molecule has 0 aromatic heterocycles. The van der Waals surface area contributed by atoms with Gasteiger partial charge in [-0.1, -0.05) is 18.5 Å². The van der Waals surface area contributed by atoms with Crippen LogP contribution in [-0.4, -0.2) is 55.2 Å². The fourth-order valence-corrected chi connectivity index (χ4v) is 1.92. The van der Waals surface area contributed by atoms with Crippen LogP contribution in [0.4, 0.5) is 0 Å². The molecule has 1 aromatic carbocycles. The highest BCUT2D eigenvalue weighted by molar-refractivity contribution is 6.30. The van der Waals surface area contributed by atoms with Crippen molar-refractivity contribution in [1.82, 2.24) is 9.80 Å². The van der Waals surface area contributed by atoms with E-state index in [1.54, 1.807) is 38.4 Å². The number of Topliss-reactive ketones (excluding diaryl/α,β-unsaturated/α-hetero) is 1. The van der Waals surface area contributed by atoms with Crippen LogP contribution in [0.15, 0.2) is 24.3 Å². The first-order valence-corrected chi connectivity index (χ1v) is 7.03. The summed E-state index contributed by atoms with van der Waals surface area (Å²) in [6.45, 7) is 3.26. The molecule has 1 amide bonds. The molecule has 5 heteroatoms. The summed E-state index contributed by atoms with van der Waals surface area (Å²) in [6.07, 6.45) is 0.897. The topological polar surface area (TPSA) is 40.6 Å². The monoisotopic (exact) mass is 296 g/mol. The molecule has 20 heavy (non-hydrogen) atoms. The SMILES string of the molecule is CCCN(CC(=O)c1ccc(Cl)cc1)CC(=O)N(C)C. The summed E-state index contributed by atoms with van der Waals surface area (Å²) in [7, 11) is 3.43. The van der Waals surface area contributed by atoms with Crippen molar-refractivity contribution in [3.05, 3.63) is 34.9 Å². The molecule has 0 saturated carbocycles. The molecule has 0 aliphatic rings. The summed E-state index contributed by atoms with van der Waals surface area (Å²) < 4.78 is 0. The molecule has 0 heterocycles. The first-order valence-electron chi connectivity index (χ1n) is 6.65. The number of hydrogen-bond donors (Lipinski definition) is 0. The maximum atomic E-state index is 12.2. The van der Waals surface area contributed by atoms with E-state index in [1.165, 1.54) is 4.90 Å². The lowest BCUT2D eigenvalue weighted by molar-refractivity contribution is -0.129. The van der Waals surface area contributed by atoms with Gasteiger partial charge in [0, 0.05) is 24.7 Å². The van der Waals surface area contributed by atoms with Crippen LogP contribution < -0.4 is 0 Å². The fourth-order valence-electron chi connectivity index (χ4n) is 1.79. The molecule has 0 radical (unpaired) electrons. The van der Waals surface area contributed by atoms with Gasteiger partial charge in [-0.2, -0.15) is 0 Å². The number of carbonyl (C=O) groups excluding carboxylic acids is 2. The molecule has 0 unspecified atom stereocenters. The summed E-state index contributed by atoms with van der Waals surface area (Å²) in [5, 5.41) is 0.606. The van der Waals surface area contributed by atoms with Crippen LogP contribution in [-0.2, 0) is 4.79 Å². The normalized spacial score (nSPS) is 10.7. The summed E-state index contributed by atoms with van der Waals surface area (Å²) in [5.41, 5.74) is 0.618. The Labute approximate surface area is 125 Å². The minimum atomic E-state index is 0.00155. The number of ketones is 1. The van der Waals surface area contributed by atoms with Crippen LogP contribution >= 0.6 is 11.6 Å². The summed E-state index contributed by atoms with van der Waals surface area (Å²) in [6, 6.07) is 6.82. The summed E-state index contributed by atoms with van der Waals surface area (Å²) >= 11 is 5.80. The first-order chi connectivity index (χ1) is 9.43. The van der Waals surface area contributed by atoms with Crippen molar-refractivity contribution < 1.29 is 9.59 Å². The maximum Gasteiger partial charge on any atom is 0.236 e. The van der Waals surface area contributed by atoms with Crippen LogP contribution in [0.1, 0.15) is 23.7 Å². The molecular weight excluding hydrogens is 276 g/mol. The van der Waals surface area contributed by atoms with Gasteiger partial charge in [-0.25, -0.2) is 0 Å². The van der Waals surface area contributed by atoms with E-state index in [0.717, 1.165) is 13.0 Å². The third kappa shape index (κ3) is 5.31. The Morgan fingerprint density at radius 1 is 1.10 bits per heavy atom. The Morgan fingerprint density at radius 3 is 2.20 bits per heavy atom. The molecule has 0 saturated heterocycles. The van der Waals surface area contributed by atoms with Crippen molar-refractivity contribution in [3.63, 3.8) is 0 Å². The highest BCUT2D eigenvalue weighted by Crippen LogP contribution is 2.10. The van der Waals surface area contributed by atoms with Crippen molar-refractivity contribution in [2.45, 2.75) is 13.3 Å². The number of benzene rings is 1. The third-order valence-corrected chi connectivity index (χ3v) is 3.18. The molecule has 0 aliphatic heterocycles. The molecular formula is C15H21ClN2O2.